The Kier molecular flexibility index (Phi) is 6.00. The van der Waals surface area contributed by atoms with Crippen LogP contribution in [0.2, 0.25) is 0 Å². The minimum Gasteiger partial charge on any atom is -0.328 e. The van der Waals surface area contributed by atoms with Gasteiger partial charge in [-0.2, -0.15) is 13.0 Å². The van der Waals surface area contributed by atoms with Crippen molar-refractivity contribution in [2.75, 3.05) is 33.7 Å². The standard InChI is InChI=1S/C20H33N2O3S/c1-7-8-13-22(5,6)14-9-12-21-16(2)20(3,4)18-15-17(26(23,24)25)10-11-19(18)21/h10-11,15H,7-9,12-14H2,1-6H3/q+1/p+1. The predicted molar refractivity (Wildman–Crippen MR) is 106 cm³/mol. The summed E-state index contributed by atoms with van der Waals surface area (Å²) in [5.41, 5.74) is 2.99. The number of fused-ring (bicyclic) bond motifs is 1. The van der Waals surface area contributed by atoms with Crippen molar-refractivity contribution < 1.29 is 22.0 Å². The van der Waals surface area contributed by atoms with E-state index in [-0.39, 0.29) is 10.3 Å². The van der Waals surface area contributed by atoms with Crippen molar-refractivity contribution in [3.05, 3.63) is 23.8 Å². The van der Waals surface area contributed by atoms with Crippen LogP contribution < -0.4 is 0 Å². The molecule has 0 saturated carbocycles. The van der Waals surface area contributed by atoms with E-state index in [1.807, 2.05) is 6.07 Å². The zero-order valence-corrected chi connectivity index (χ0v) is 17.9. The highest BCUT2D eigenvalue weighted by atomic mass is 32.2. The van der Waals surface area contributed by atoms with Crippen molar-refractivity contribution in [2.24, 2.45) is 0 Å². The highest BCUT2D eigenvalue weighted by Gasteiger charge is 2.43. The maximum Gasteiger partial charge on any atom is 0.294 e. The summed E-state index contributed by atoms with van der Waals surface area (Å²) in [6.07, 6.45) is 3.54. The van der Waals surface area contributed by atoms with Crippen molar-refractivity contribution in [2.45, 2.75) is 57.3 Å². The van der Waals surface area contributed by atoms with Gasteiger partial charge in [-0.3, -0.25) is 4.55 Å². The molecule has 26 heavy (non-hydrogen) atoms. The third-order valence-corrected chi connectivity index (χ3v) is 6.65. The van der Waals surface area contributed by atoms with Gasteiger partial charge in [0.2, 0.25) is 5.69 Å². The Morgan fingerprint density at radius 2 is 1.77 bits per heavy atom. The van der Waals surface area contributed by atoms with Gasteiger partial charge in [0.05, 0.1) is 43.9 Å². The summed E-state index contributed by atoms with van der Waals surface area (Å²) in [4.78, 5) is -0.0312. The van der Waals surface area contributed by atoms with E-state index in [1.165, 1.54) is 31.2 Å². The van der Waals surface area contributed by atoms with Crippen LogP contribution in [0.4, 0.5) is 5.69 Å². The van der Waals surface area contributed by atoms with Gasteiger partial charge in [-0.25, -0.2) is 0 Å². The van der Waals surface area contributed by atoms with Gasteiger partial charge in [-0.1, -0.05) is 13.3 Å². The first kappa shape index (κ1) is 21.1. The molecule has 0 amide bonds. The molecule has 0 atom stereocenters. The Bertz CT molecular complexity index is 808. The average Bonchev–Trinajstić information content (AvgIpc) is 2.72. The van der Waals surface area contributed by atoms with Crippen LogP contribution in [0.25, 0.3) is 0 Å². The lowest BCUT2D eigenvalue weighted by molar-refractivity contribution is -0.891. The molecule has 1 aromatic rings. The number of benzene rings is 1. The van der Waals surface area contributed by atoms with E-state index in [0.717, 1.165) is 35.2 Å². The van der Waals surface area contributed by atoms with Crippen LogP contribution in [0.3, 0.4) is 0 Å². The Morgan fingerprint density at radius 3 is 2.35 bits per heavy atom. The van der Waals surface area contributed by atoms with Crippen molar-refractivity contribution >= 4 is 21.5 Å². The van der Waals surface area contributed by atoms with Crippen LogP contribution >= 0.6 is 0 Å². The van der Waals surface area contributed by atoms with E-state index >= 15 is 0 Å². The molecular weight excluding hydrogens is 348 g/mol. The minimum absolute atomic E-state index is 0.0312. The van der Waals surface area contributed by atoms with E-state index in [0.29, 0.717) is 0 Å². The third kappa shape index (κ3) is 4.35. The topological polar surface area (TPSA) is 57.4 Å². The normalized spacial score (nSPS) is 16.9. The number of rotatable bonds is 8. The molecule has 5 nitrogen and oxygen atoms in total. The Labute approximate surface area is 158 Å². The zero-order chi connectivity index (χ0) is 19.8. The van der Waals surface area contributed by atoms with E-state index in [9.17, 15) is 13.0 Å². The molecule has 6 heteroatoms. The summed E-state index contributed by atoms with van der Waals surface area (Å²) in [5.74, 6) is 0. The second kappa shape index (κ2) is 7.41. The first-order chi connectivity index (χ1) is 11.9. The third-order valence-electron chi connectivity index (χ3n) is 5.80. The fourth-order valence-corrected chi connectivity index (χ4v) is 4.27. The molecule has 0 fully saturated rings. The second-order valence-electron chi connectivity index (χ2n) is 8.61. The van der Waals surface area contributed by atoms with Crippen molar-refractivity contribution in [1.29, 1.82) is 0 Å². The van der Waals surface area contributed by atoms with Crippen LogP contribution in [-0.4, -0.2) is 61.5 Å². The number of nitrogens with zero attached hydrogens (tertiary/aromatic N) is 2. The van der Waals surface area contributed by atoms with Crippen LogP contribution in [0.1, 0.15) is 52.5 Å². The summed E-state index contributed by atoms with van der Waals surface area (Å²) in [6.45, 7) is 11.8. The van der Waals surface area contributed by atoms with Crippen LogP contribution in [0.15, 0.2) is 23.1 Å². The largest absolute Gasteiger partial charge is 0.328 e. The zero-order valence-electron chi connectivity index (χ0n) is 17.0. The molecule has 0 radical (unpaired) electrons. The van der Waals surface area contributed by atoms with E-state index in [1.54, 1.807) is 6.07 Å². The fraction of sp³-hybridized carbons (Fsp3) is 0.650. The maximum atomic E-state index is 11.5. The lowest BCUT2D eigenvalue weighted by Crippen LogP contribution is -2.42. The van der Waals surface area contributed by atoms with Crippen LogP contribution in [0, 0.1) is 0 Å². The summed E-state index contributed by atoms with van der Waals surface area (Å²) >= 11 is 0. The average molecular weight is 383 g/mol. The number of quaternary nitrogens is 1. The van der Waals surface area contributed by atoms with Gasteiger partial charge in [0, 0.05) is 18.6 Å². The van der Waals surface area contributed by atoms with Gasteiger partial charge in [0.1, 0.15) is 0 Å². The molecular formula is C20H34N2O3S+2. The van der Waals surface area contributed by atoms with Crippen LogP contribution in [0.5, 0.6) is 0 Å². The highest BCUT2D eigenvalue weighted by Crippen LogP contribution is 2.40. The second-order valence-corrected chi connectivity index (χ2v) is 10.0. The summed E-state index contributed by atoms with van der Waals surface area (Å²) in [7, 11) is 0.383. The van der Waals surface area contributed by atoms with Gasteiger partial charge < -0.3 is 4.48 Å². The molecule has 0 bridgehead atoms. The quantitative estimate of drug-likeness (QED) is 0.425. The first-order valence-electron chi connectivity index (χ1n) is 9.46. The molecule has 1 aliphatic heterocycles. The molecule has 0 unspecified atom stereocenters. The van der Waals surface area contributed by atoms with Crippen molar-refractivity contribution in [3.8, 4) is 0 Å². The van der Waals surface area contributed by atoms with Gasteiger partial charge >= 0.3 is 0 Å². The molecule has 2 rings (SSSR count). The van der Waals surface area contributed by atoms with Crippen molar-refractivity contribution in [3.63, 3.8) is 0 Å². The minimum atomic E-state index is -4.19. The van der Waals surface area contributed by atoms with E-state index in [2.05, 4.69) is 46.4 Å². The lowest BCUT2D eigenvalue weighted by atomic mass is 9.82. The van der Waals surface area contributed by atoms with Crippen molar-refractivity contribution in [1.82, 2.24) is 0 Å². The van der Waals surface area contributed by atoms with Crippen LogP contribution in [-0.2, 0) is 15.5 Å². The molecule has 1 aliphatic rings. The monoisotopic (exact) mass is 382 g/mol. The molecule has 1 aromatic carbocycles. The molecule has 0 spiro atoms. The summed E-state index contributed by atoms with van der Waals surface area (Å²) < 4.78 is 35.7. The number of unbranched alkanes of at least 4 members (excludes halogenated alkanes) is 1. The molecule has 0 aliphatic carbocycles. The predicted octanol–water partition coefficient (Wildman–Crippen LogP) is 3.60. The maximum absolute atomic E-state index is 11.5. The lowest BCUT2D eigenvalue weighted by Gasteiger charge is -2.29. The number of hydrogen-bond donors (Lipinski definition) is 1. The molecule has 0 saturated heterocycles. The Balaban J connectivity index is 2.22. The van der Waals surface area contributed by atoms with Gasteiger partial charge in [-0.15, -0.1) is 0 Å². The Hall–Kier alpha value is -1.24. The van der Waals surface area contributed by atoms with Gasteiger partial charge in [-0.05, 0) is 32.4 Å². The van der Waals surface area contributed by atoms with Gasteiger partial charge in [0.15, 0.2) is 12.3 Å². The van der Waals surface area contributed by atoms with E-state index < -0.39 is 10.1 Å². The fourth-order valence-electron chi connectivity index (χ4n) is 3.77. The molecule has 1 heterocycles. The first-order valence-corrected chi connectivity index (χ1v) is 10.9. The summed E-state index contributed by atoms with van der Waals surface area (Å²) in [6, 6.07) is 4.94. The molecule has 146 valence electrons. The van der Waals surface area contributed by atoms with Gasteiger partial charge in [0.25, 0.3) is 10.1 Å². The highest BCUT2D eigenvalue weighted by molar-refractivity contribution is 7.85. The molecule has 0 aromatic heterocycles. The SMILES string of the molecule is CCCC[N+](C)(C)CCC[N+]1=C(C)C(C)(C)c2cc(S(=O)(=O)O)ccc21. The number of hydrogen-bond acceptors (Lipinski definition) is 2. The molecule has 1 N–H and O–H groups in total. The van der Waals surface area contributed by atoms with E-state index in [4.69, 9.17) is 0 Å². The smallest absolute Gasteiger partial charge is 0.294 e. The summed E-state index contributed by atoms with van der Waals surface area (Å²) in [5, 5.41) is 0. The Morgan fingerprint density at radius 1 is 1.15 bits per heavy atom.